The summed E-state index contributed by atoms with van der Waals surface area (Å²) in [5.41, 5.74) is 2.52. The Kier molecular flexibility index (Phi) is 9.19. The van der Waals surface area contributed by atoms with Gasteiger partial charge in [0.05, 0.1) is 19.8 Å². The van der Waals surface area contributed by atoms with E-state index in [1.54, 1.807) is 14.2 Å². The number of nitrogens with zero attached hydrogens (tertiary/aromatic N) is 3. The molecule has 0 radical (unpaired) electrons. The number of piperidine rings is 1. The van der Waals surface area contributed by atoms with E-state index in [-0.39, 0.29) is 6.10 Å². The SMILES string of the molecule is CN=C(NCc1ccc(CN2CCC(O)CC2)cc1)N(C)CCOc1ccc(OC)cc1. The Bertz CT molecular complexity index is 831. The van der Waals surface area contributed by atoms with Crippen LogP contribution in [0.2, 0.25) is 0 Å². The van der Waals surface area contributed by atoms with E-state index in [0.29, 0.717) is 13.2 Å². The van der Waals surface area contributed by atoms with Crippen LogP contribution < -0.4 is 14.8 Å². The molecule has 174 valence electrons. The number of likely N-dealkylation sites (tertiary alicyclic amines) is 1. The van der Waals surface area contributed by atoms with Crippen molar-refractivity contribution < 1.29 is 14.6 Å². The van der Waals surface area contributed by atoms with Crippen LogP contribution in [0, 0.1) is 0 Å². The first-order valence-corrected chi connectivity index (χ1v) is 11.2. The van der Waals surface area contributed by atoms with Crippen molar-refractivity contribution in [1.82, 2.24) is 15.1 Å². The number of nitrogens with one attached hydrogen (secondary N) is 1. The van der Waals surface area contributed by atoms with E-state index >= 15 is 0 Å². The molecule has 32 heavy (non-hydrogen) atoms. The number of aliphatic hydroxyl groups excluding tert-OH is 1. The lowest BCUT2D eigenvalue weighted by Crippen LogP contribution is -2.40. The highest BCUT2D eigenvalue weighted by molar-refractivity contribution is 5.79. The molecular formula is C25H36N4O3. The summed E-state index contributed by atoms with van der Waals surface area (Å²) in [7, 11) is 5.45. The molecule has 7 heteroatoms. The average molecular weight is 441 g/mol. The summed E-state index contributed by atoms with van der Waals surface area (Å²) in [6.07, 6.45) is 1.63. The maximum absolute atomic E-state index is 9.65. The minimum Gasteiger partial charge on any atom is -0.497 e. The molecule has 2 N–H and O–H groups in total. The van der Waals surface area contributed by atoms with Crippen LogP contribution in [0.25, 0.3) is 0 Å². The number of aliphatic hydroxyl groups is 1. The molecule has 1 saturated heterocycles. The van der Waals surface area contributed by atoms with Gasteiger partial charge < -0.3 is 24.8 Å². The fourth-order valence-corrected chi connectivity index (χ4v) is 3.74. The molecule has 1 aliphatic rings. The lowest BCUT2D eigenvalue weighted by Gasteiger charge is -2.29. The summed E-state index contributed by atoms with van der Waals surface area (Å²) in [6, 6.07) is 16.3. The zero-order valence-corrected chi connectivity index (χ0v) is 19.5. The molecule has 0 spiro atoms. The fourth-order valence-electron chi connectivity index (χ4n) is 3.74. The van der Waals surface area contributed by atoms with E-state index in [4.69, 9.17) is 9.47 Å². The highest BCUT2D eigenvalue weighted by Gasteiger charge is 2.16. The predicted molar refractivity (Wildman–Crippen MR) is 128 cm³/mol. The average Bonchev–Trinajstić information content (AvgIpc) is 2.82. The number of aliphatic imine (C=N–C) groups is 1. The summed E-state index contributed by atoms with van der Waals surface area (Å²) in [5.74, 6) is 2.47. The van der Waals surface area contributed by atoms with Crippen molar-refractivity contribution >= 4 is 5.96 Å². The van der Waals surface area contributed by atoms with Gasteiger partial charge in [0.25, 0.3) is 0 Å². The number of ether oxygens (including phenoxy) is 2. The molecule has 0 aromatic heterocycles. The van der Waals surface area contributed by atoms with Crippen molar-refractivity contribution in [2.45, 2.75) is 32.0 Å². The van der Waals surface area contributed by atoms with E-state index in [0.717, 1.165) is 56.5 Å². The second-order valence-electron chi connectivity index (χ2n) is 8.17. The van der Waals surface area contributed by atoms with Gasteiger partial charge in [0, 0.05) is 40.3 Å². The van der Waals surface area contributed by atoms with Gasteiger partial charge in [0.2, 0.25) is 0 Å². The smallest absolute Gasteiger partial charge is 0.193 e. The number of hydrogen-bond acceptors (Lipinski definition) is 5. The molecule has 0 unspecified atom stereocenters. The van der Waals surface area contributed by atoms with Crippen molar-refractivity contribution in [1.29, 1.82) is 0 Å². The summed E-state index contributed by atoms with van der Waals surface area (Å²) in [5, 5.41) is 13.1. The number of likely N-dealkylation sites (N-methyl/N-ethyl adjacent to an activating group) is 1. The van der Waals surface area contributed by atoms with Gasteiger partial charge >= 0.3 is 0 Å². The van der Waals surface area contributed by atoms with Crippen LogP contribution >= 0.6 is 0 Å². The van der Waals surface area contributed by atoms with E-state index in [1.165, 1.54) is 11.1 Å². The lowest BCUT2D eigenvalue weighted by atomic mass is 10.1. The normalized spacial score (nSPS) is 15.4. The van der Waals surface area contributed by atoms with Gasteiger partial charge in [-0.3, -0.25) is 9.89 Å². The number of guanidine groups is 1. The first kappa shape index (κ1) is 23.9. The summed E-state index contributed by atoms with van der Waals surface area (Å²) in [6.45, 7) is 4.87. The number of benzene rings is 2. The van der Waals surface area contributed by atoms with Crippen LogP contribution in [0.5, 0.6) is 11.5 Å². The molecule has 1 heterocycles. The molecule has 0 atom stereocenters. The van der Waals surface area contributed by atoms with Crippen molar-refractivity contribution in [2.24, 2.45) is 4.99 Å². The fraction of sp³-hybridized carbons (Fsp3) is 0.480. The molecule has 0 bridgehead atoms. The molecule has 0 saturated carbocycles. The number of methoxy groups -OCH3 is 1. The monoisotopic (exact) mass is 440 g/mol. The maximum Gasteiger partial charge on any atom is 0.193 e. The highest BCUT2D eigenvalue weighted by Crippen LogP contribution is 2.17. The van der Waals surface area contributed by atoms with Crippen LogP contribution in [0.1, 0.15) is 24.0 Å². The lowest BCUT2D eigenvalue weighted by molar-refractivity contribution is 0.0792. The highest BCUT2D eigenvalue weighted by atomic mass is 16.5. The summed E-state index contributed by atoms with van der Waals surface area (Å²) < 4.78 is 11.0. The second kappa shape index (κ2) is 12.3. The molecule has 0 amide bonds. The number of rotatable bonds is 9. The van der Waals surface area contributed by atoms with Crippen molar-refractivity contribution in [3.8, 4) is 11.5 Å². The Labute approximate surface area is 191 Å². The van der Waals surface area contributed by atoms with Crippen molar-refractivity contribution in [3.05, 3.63) is 59.7 Å². The number of hydrogen-bond donors (Lipinski definition) is 2. The van der Waals surface area contributed by atoms with E-state index in [1.807, 2.05) is 31.3 Å². The van der Waals surface area contributed by atoms with Gasteiger partial charge in [-0.15, -0.1) is 0 Å². The summed E-state index contributed by atoms with van der Waals surface area (Å²) in [4.78, 5) is 8.85. The van der Waals surface area contributed by atoms with Crippen LogP contribution in [0.4, 0.5) is 0 Å². The molecule has 2 aromatic rings. The summed E-state index contributed by atoms with van der Waals surface area (Å²) >= 11 is 0. The molecule has 2 aromatic carbocycles. The second-order valence-corrected chi connectivity index (χ2v) is 8.17. The van der Waals surface area contributed by atoms with Gasteiger partial charge in [-0.1, -0.05) is 24.3 Å². The first-order valence-electron chi connectivity index (χ1n) is 11.2. The molecule has 3 rings (SSSR count). The predicted octanol–water partition coefficient (Wildman–Crippen LogP) is 2.74. The third-order valence-corrected chi connectivity index (χ3v) is 5.77. The van der Waals surface area contributed by atoms with Gasteiger partial charge in [-0.25, -0.2) is 0 Å². The molecule has 1 aliphatic heterocycles. The van der Waals surface area contributed by atoms with Crippen molar-refractivity contribution in [2.75, 3.05) is 47.4 Å². The molecule has 0 aliphatic carbocycles. The zero-order chi connectivity index (χ0) is 22.8. The van der Waals surface area contributed by atoms with E-state index in [9.17, 15) is 5.11 Å². The Morgan fingerprint density at radius 1 is 1.06 bits per heavy atom. The first-order chi connectivity index (χ1) is 15.6. The topological polar surface area (TPSA) is 69.6 Å². The Balaban J connectivity index is 1.39. The quantitative estimate of drug-likeness (QED) is 0.462. The third kappa shape index (κ3) is 7.43. The van der Waals surface area contributed by atoms with Gasteiger partial charge in [-0.05, 0) is 48.2 Å². The zero-order valence-electron chi connectivity index (χ0n) is 19.5. The molecule has 1 fully saturated rings. The van der Waals surface area contributed by atoms with E-state index < -0.39 is 0 Å². The minimum atomic E-state index is -0.124. The molecule has 7 nitrogen and oxygen atoms in total. The molecular weight excluding hydrogens is 404 g/mol. The van der Waals surface area contributed by atoms with Gasteiger partial charge in [0.15, 0.2) is 5.96 Å². The minimum absolute atomic E-state index is 0.124. The largest absolute Gasteiger partial charge is 0.497 e. The third-order valence-electron chi connectivity index (χ3n) is 5.77. The van der Waals surface area contributed by atoms with E-state index in [2.05, 4.69) is 44.4 Å². The standard InChI is InChI=1S/C25H36N4O3/c1-26-25(28(2)16-17-32-24-10-8-23(31-3)9-11-24)27-18-20-4-6-21(7-5-20)19-29-14-12-22(30)13-15-29/h4-11,22,30H,12-19H2,1-3H3,(H,26,27). The van der Waals surface area contributed by atoms with Crippen LogP contribution in [-0.4, -0.2) is 74.4 Å². The Morgan fingerprint density at radius 2 is 1.69 bits per heavy atom. The van der Waals surface area contributed by atoms with Crippen LogP contribution in [-0.2, 0) is 13.1 Å². The van der Waals surface area contributed by atoms with Crippen LogP contribution in [0.15, 0.2) is 53.5 Å². The van der Waals surface area contributed by atoms with Crippen LogP contribution in [0.3, 0.4) is 0 Å². The van der Waals surface area contributed by atoms with Gasteiger partial charge in [0.1, 0.15) is 18.1 Å². The van der Waals surface area contributed by atoms with Crippen molar-refractivity contribution in [3.63, 3.8) is 0 Å². The maximum atomic E-state index is 9.65. The Morgan fingerprint density at radius 3 is 2.31 bits per heavy atom. The Hall–Kier alpha value is -2.77. The van der Waals surface area contributed by atoms with Gasteiger partial charge in [-0.2, -0.15) is 0 Å².